The third-order valence-electron chi connectivity index (χ3n) is 4.49. The molecule has 1 aliphatic carbocycles. The van der Waals surface area contributed by atoms with Crippen LogP contribution < -0.4 is 5.32 Å². The molecule has 0 saturated heterocycles. The molecule has 0 amide bonds. The van der Waals surface area contributed by atoms with Crippen LogP contribution in [0.1, 0.15) is 62.6 Å². The van der Waals surface area contributed by atoms with Crippen LogP contribution >= 0.6 is 0 Å². The van der Waals surface area contributed by atoms with Gasteiger partial charge >= 0.3 is 5.97 Å². The Morgan fingerprint density at radius 2 is 2.10 bits per heavy atom. The minimum Gasteiger partial charge on any atom is -0.467 e. The molecule has 0 aliphatic heterocycles. The van der Waals surface area contributed by atoms with E-state index in [2.05, 4.69) is 30.8 Å². The van der Waals surface area contributed by atoms with Crippen molar-refractivity contribution in [3.8, 4) is 0 Å². The molecule has 1 saturated carbocycles. The van der Waals surface area contributed by atoms with Crippen LogP contribution in [0.5, 0.6) is 0 Å². The number of hydrogen-bond acceptors (Lipinski definition) is 4. The lowest BCUT2D eigenvalue weighted by molar-refractivity contribution is 0.0600. The van der Waals surface area contributed by atoms with E-state index in [4.69, 9.17) is 4.42 Å². The molecule has 2 rings (SSSR count). The number of ether oxygens (including phenoxy) is 1. The third-order valence-corrected chi connectivity index (χ3v) is 4.49. The maximum Gasteiger partial charge on any atom is 0.341 e. The van der Waals surface area contributed by atoms with Crippen molar-refractivity contribution in [2.75, 3.05) is 7.11 Å². The molecule has 0 aromatic carbocycles. The molecule has 1 heterocycles. The summed E-state index contributed by atoms with van der Waals surface area (Å²) in [5.41, 5.74) is 0.795. The lowest BCUT2D eigenvalue weighted by Crippen LogP contribution is -2.43. The first-order valence-corrected chi connectivity index (χ1v) is 7.81. The summed E-state index contributed by atoms with van der Waals surface area (Å²) in [6, 6.07) is 2.28. The molecule has 21 heavy (non-hydrogen) atoms. The van der Waals surface area contributed by atoms with Crippen molar-refractivity contribution in [1.82, 2.24) is 5.32 Å². The second-order valence-corrected chi connectivity index (χ2v) is 7.04. The Morgan fingerprint density at radius 3 is 2.76 bits per heavy atom. The normalized spacial score (nSPS) is 23.0. The Labute approximate surface area is 127 Å². The summed E-state index contributed by atoms with van der Waals surface area (Å²) in [5, 5.41) is 3.62. The van der Waals surface area contributed by atoms with Gasteiger partial charge < -0.3 is 14.5 Å². The third kappa shape index (κ3) is 4.10. The van der Waals surface area contributed by atoms with E-state index in [1.807, 2.05) is 0 Å². The molecule has 1 aliphatic rings. The zero-order valence-electron chi connectivity index (χ0n) is 13.6. The van der Waals surface area contributed by atoms with Crippen LogP contribution in [0.3, 0.4) is 0 Å². The van der Waals surface area contributed by atoms with Gasteiger partial charge in [-0.05, 0) is 30.2 Å². The molecule has 1 N–H and O–H groups in total. The molecule has 4 nitrogen and oxygen atoms in total. The van der Waals surface area contributed by atoms with Crippen molar-refractivity contribution in [3.05, 3.63) is 23.7 Å². The number of rotatable bonds is 4. The molecule has 2 unspecified atom stereocenters. The minimum atomic E-state index is -0.352. The molecule has 1 fully saturated rings. The van der Waals surface area contributed by atoms with Gasteiger partial charge in [-0.25, -0.2) is 4.79 Å². The second-order valence-electron chi connectivity index (χ2n) is 7.04. The minimum absolute atomic E-state index is 0.318. The highest BCUT2D eigenvalue weighted by Crippen LogP contribution is 2.38. The van der Waals surface area contributed by atoms with Gasteiger partial charge in [0.1, 0.15) is 12.0 Å². The monoisotopic (exact) mass is 293 g/mol. The number of carbonyl (C=O) groups is 1. The van der Waals surface area contributed by atoms with Gasteiger partial charge in [0, 0.05) is 6.04 Å². The fourth-order valence-corrected chi connectivity index (χ4v) is 3.34. The van der Waals surface area contributed by atoms with Gasteiger partial charge in [0.25, 0.3) is 0 Å². The van der Waals surface area contributed by atoms with E-state index < -0.39 is 0 Å². The van der Waals surface area contributed by atoms with Crippen LogP contribution in [0, 0.1) is 11.3 Å². The van der Waals surface area contributed by atoms with Gasteiger partial charge in [0.05, 0.1) is 19.2 Å². The highest BCUT2D eigenvalue weighted by Gasteiger charge is 2.33. The largest absolute Gasteiger partial charge is 0.467 e. The Hall–Kier alpha value is -1.29. The zero-order chi connectivity index (χ0) is 15.5. The fourth-order valence-electron chi connectivity index (χ4n) is 3.34. The predicted molar refractivity (Wildman–Crippen MR) is 82.1 cm³/mol. The van der Waals surface area contributed by atoms with Crippen LogP contribution in [0.4, 0.5) is 0 Å². The first-order valence-electron chi connectivity index (χ1n) is 7.81. The molecule has 1 aromatic rings. The second kappa shape index (κ2) is 6.65. The van der Waals surface area contributed by atoms with Crippen molar-refractivity contribution in [2.24, 2.45) is 11.3 Å². The average Bonchev–Trinajstić information content (AvgIpc) is 2.92. The molecule has 0 spiro atoms. The van der Waals surface area contributed by atoms with Gasteiger partial charge in [0.15, 0.2) is 0 Å². The van der Waals surface area contributed by atoms with Crippen LogP contribution in [-0.4, -0.2) is 19.1 Å². The van der Waals surface area contributed by atoms with Crippen LogP contribution in [0.15, 0.2) is 16.7 Å². The van der Waals surface area contributed by atoms with Crippen LogP contribution in [0.2, 0.25) is 0 Å². The molecule has 0 bridgehead atoms. The molecular weight excluding hydrogens is 266 g/mol. The van der Waals surface area contributed by atoms with E-state index in [0.29, 0.717) is 29.5 Å². The Morgan fingerprint density at radius 1 is 1.38 bits per heavy atom. The molecule has 1 aromatic heterocycles. The lowest BCUT2D eigenvalue weighted by atomic mass is 9.69. The van der Waals surface area contributed by atoms with Crippen molar-refractivity contribution in [3.63, 3.8) is 0 Å². The molecule has 4 heteroatoms. The van der Waals surface area contributed by atoms with E-state index in [1.165, 1.54) is 39.1 Å². The van der Waals surface area contributed by atoms with E-state index in [1.54, 1.807) is 6.07 Å². The number of methoxy groups -OCH3 is 1. The SMILES string of the molecule is COC(=O)c1coc(CNC2CCCCC2C(C)(C)C)c1. The fraction of sp³-hybridized carbons (Fsp3) is 0.706. The van der Waals surface area contributed by atoms with Crippen LogP contribution in [-0.2, 0) is 11.3 Å². The smallest absolute Gasteiger partial charge is 0.341 e. The van der Waals surface area contributed by atoms with Gasteiger partial charge in [-0.3, -0.25) is 0 Å². The van der Waals surface area contributed by atoms with E-state index in [9.17, 15) is 4.79 Å². The summed E-state index contributed by atoms with van der Waals surface area (Å²) in [7, 11) is 1.38. The topological polar surface area (TPSA) is 51.5 Å². The van der Waals surface area contributed by atoms with Crippen molar-refractivity contribution < 1.29 is 13.9 Å². The summed E-state index contributed by atoms with van der Waals surface area (Å²) in [6.07, 6.45) is 6.58. The van der Waals surface area contributed by atoms with Gasteiger partial charge in [0.2, 0.25) is 0 Å². The highest BCUT2D eigenvalue weighted by atomic mass is 16.5. The number of hydrogen-bond donors (Lipinski definition) is 1. The highest BCUT2D eigenvalue weighted by molar-refractivity contribution is 5.88. The quantitative estimate of drug-likeness (QED) is 0.859. The molecule has 0 radical (unpaired) electrons. The van der Waals surface area contributed by atoms with E-state index in [-0.39, 0.29) is 5.97 Å². The summed E-state index contributed by atoms with van der Waals surface area (Å²) < 4.78 is 10.1. The summed E-state index contributed by atoms with van der Waals surface area (Å²) in [6.45, 7) is 7.62. The number of nitrogens with one attached hydrogen (secondary N) is 1. The van der Waals surface area contributed by atoms with E-state index >= 15 is 0 Å². The molecular formula is C17H27NO3. The van der Waals surface area contributed by atoms with Crippen molar-refractivity contribution in [2.45, 2.75) is 59.0 Å². The first kappa shape index (κ1) is 16.1. The number of esters is 1. The standard InChI is InChI=1S/C17H27NO3/c1-17(2,3)14-7-5-6-8-15(14)18-10-13-9-12(11-21-13)16(19)20-4/h9,11,14-15,18H,5-8,10H2,1-4H3. The first-order chi connectivity index (χ1) is 9.91. The summed E-state index contributed by atoms with van der Waals surface area (Å²) >= 11 is 0. The van der Waals surface area contributed by atoms with E-state index in [0.717, 1.165) is 5.76 Å². The summed E-state index contributed by atoms with van der Waals surface area (Å²) in [5.74, 6) is 1.12. The number of carbonyl (C=O) groups excluding carboxylic acids is 1. The van der Waals surface area contributed by atoms with Gasteiger partial charge in [-0.15, -0.1) is 0 Å². The predicted octanol–water partition coefficient (Wildman–Crippen LogP) is 3.76. The average molecular weight is 293 g/mol. The molecule has 118 valence electrons. The number of furan rings is 1. The van der Waals surface area contributed by atoms with Crippen LogP contribution in [0.25, 0.3) is 0 Å². The van der Waals surface area contributed by atoms with Gasteiger partial charge in [-0.2, -0.15) is 0 Å². The zero-order valence-corrected chi connectivity index (χ0v) is 13.6. The lowest BCUT2D eigenvalue weighted by Gasteiger charge is -2.40. The Kier molecular flexibility index (Phi) is 5.09. The maximum atomic E-state index is 11.4. The Balaban J connectivity index is 1.94. The van der Waals surface area contributed by atoms with Gasteiger partial charge in [-0.1, -0.05) is 33.6 Å². The molecule has 2 atom stereocenters. The van der Waals surface area contributed by atoms with Crippen molar-refractivity contribution >= 4 is 5.97 Å². The van der Waals surface area contributed by atoms with Crippen molar-refractivity contribution in [1.29, 1.82) is 0 Å². The maximum absolute atomic E-state index is 11.4. The Bertz CT molecular complexity index is 473. The summed E-state index contributed by atoms with van der Waals surface area (Å²) in [4.78, 5) is 11.4.